The molecule has 3 aromatic carbocycles. The van der Waals surface area contributed by atoms with Crippen LogP contribution < -0.4 is 0 Å². The predicted octanol–water partition coefficient (Wildman–Crippen LogP) is 17.3. The highest BCUT2D eigenvalue weighted by Crippen LogP contribution is 2.56. The molecule has 0 aliphatic heterocycles. The van der Waals surface area contributed by atoms with Gasteiger partial charge in [-0.2, -0.15) is 15.0 Å². The van der Waals surface area contributed by atoms with Crippen molar-refractivity contribution in [2.75, 3.05) is 0 Å². The molecule has 6 unspecified atom stereocenters. The minimum atomic E-state index is 0.358. The molecule has 0 bridgehead atoms. The molecule has 9 rings (SSSR count). The molecule has 0 radical (unpaired) electrons. The summed E-state index contributed by atoms with van der Waals surface area (Å²) in [5.74, 6) is 6.64. The summed E-state index contributed by atoms with van der Waals surface area (Å²) >= 11 is 14.7. The lowest BCUT2D eigenvalue weighted by atomic mass is 9.57. The van der Waals surface area contributed by atoms with Crippen molar-refractivity contribution in [1.82, 2.24) is 29.9 Å². The van der Waals surface area contributed by atoms with E-state index in [0.29, 0.717) is 76.0 Å². The molecular formula is C60H65N9S3. The van der Waals surface area contributed by atoms with Crippen LogP contribution in [0.4, 0.5) is 17.1 Å². The van der Waals surface area contributed by atoms with Crippen molar-refractivity contribution in [3.63, 3.8) is 0 Å². The van der Waals surface area contributed by atoms with Gasteiger partial charge in [-0.3, -0.25) is 0 Å². The molecule has 368 valence electrons. The van der Waals surface area contributed by atoms with Gasteiger partial charge in [0, 0.05) is 16.7 Å². The molecule has 0 N–H and O–H groups in total. The maximum Gasteiger partial charge on any atom is 0.159 e. The molecule has 3 saturated carbocycles. The van der Waals surface area contributed by atoms with Crippen molar-refractivity contribution < 1.29 is 0 Å². The van der Waals surface area contributed by atoms with E-state index in [1.54, 1.807) is 37.2 Å². The van der Waals surface area contributed by atoms with Crippen LogP contribution >= 0.6 is 36.7 Å². The van der Waals surface area contributed by atoms with Crippen LogP contribution in [0.5, 0.6) is 0 Å². The van der Waals surface area contributed by atoms with Crippen molar-refractivity contribution in [1.29, 1.82) is 0 Å². The Balaban J connectivity index is 1.16. The lowest BCUT2D eigenvalue weighted by Gasteiger charge is -2.48. The smallest absolute Gasteiger partial charge is 0.159 e. The third-order valence-electron chi connectivity index (χ3n) is 16.5. The lowest BCUT2D eigenvalue weighted by molar-refractivity contribution is 0.0721. The Morgan fingerprint density at radius 1 is 0.486 bits per heavy atom. The van der Waals surface area contributed by atoms with Gasteiger partial charge < -0.3 is 0 Å². The van der Waals surface area contributed by atoms with Crippen molar-refractivity contribution in [3.05, 3.63) is 115 Å². The van der Waals surface area contributed by atoms with Crippen molar-refractivity contribution in [2.24, 2.45) is 44.6 Å². The molecule has 3 aliphatic carbocycles. The number of nitrogens with zero attached hydrogens (tertiary/aromatic N) is 9. The maximum atomic E-state index is 4.95. The van der Waals surface area contributed by atoms with Gasteiger partial charge in [0.2, 0.25) is 0 Å². The minimum Gasteiger partial charge on any atom is -0.234 e. The van der Waals surface area contributed by atoms with Gasteiger partial charge in [-0.1, -0.05) is 114 Å². The van der Waals surface area contributed by atoms with Gasteiger partial charge in [0.15, 0.2) is 17.5 Å². The molecular weight excluding hydrogens is 943 g/mol. The largest absolute Gasteiger partial charge is 0.234 e. The molecule has 0 spiro atoms. The normalized spacial score (nSPS) is 23.0. The van der Waals surface area contributed by atoms with Crippen LogP contribution in [0.3, 0.4) is 0 Å². The first-order chi connectivity index (χ1) is 35.4. The monoisotopic (exact) mass is 1010 g/mol. The van der Waals surface area contributed by atoms with Crippen LogP contribution in [0.25, 0.3) is 45.3 Å². The fraction of sp³-hybridized carbons (Fsp3) is 0.450. The second-order valence-electron chi connectivity index (χ2n) is 20.6. The molecule has 3 aliphatic rings. The summed E-state index contributed by atoms with van der Waals surface area (Å²) in [7, 11) is 0. The molecule has 6 atom stereocenters. The maximum absolute atomic E-state index is 4.95. The fourth-order valence-electron chi connectivity index (χ4n) is 12.8. The van der Waals surface area contributed by atoms with Gasteiger partial charge in [-0.05, 0) is 182 Å². The van der Waals surface area contributed by atoms with Gasteiger partial charge >= 0.3 is 0 Å². The number of aromatic nitrogens is 6. The molecule has 0 amide bonds. The van der Waals surface area contributed by atoms with Crippen molar-refractivity contribution >= 4 is 69.2 Å². The Morgan fingerprint density at radius 3 is 1.65 bits per heavy atom. The van der Waals surface area contributed by atoms with E-state index in [1.165, 1.54) is 124 Å². The average Bonchev–Trinajstić information content (AvgIpc) is 3.43. The highest BCUT2D eigenvalue weighted by Gasteiger charge is 2.43. The number of isothiocyanates is 3. The summed E-state index contributed by atoms with van der Waals surface area (Å²) < 4.78 is 0. The van der Waals surface area contributed by atoms with Crippen LogP contribution in [-0.2, 0) is 0 Å². The van der Waals surface area contributed by atoms with Crippen LogP contribution in [0.2, 0.25) is 0 Å². The Kier molecular flexibility index (Phi) is 17.7. The standard InChI is InChI=1S/C60H65N9S3/c1-4-7-9-43-17-20-45(42-15-18-44(19-16-42)58-61-30-48(31-62-58)67-36-70)27-54(43)55-26-40(8-5-2)12-23-51(55)52-24-22-47(59-63-32-49(33-64-59)68-37-71)29-56(52)57-28-46(41-13-10-39(6-3)11-14-41)21-25-53(57)60-65-34-50(35-66-60)69-38-72/h15-16,18-19,21-22,24-25,28-35,39-41,43,45,51,54-55H,4-14,17,20,23,26-27H2,1-3H3. The Hall–Kier alpha value is -5.70. The van der Waals surface area contributed by atoms with Gasteiger partial charge in [-0.25, -0.2) is 29.9 Å². The molecule has 9 nitrogen and oxygen atoms in total. The molecule has 0 saturated heterocycles. The van der Waals surface area contributed by atoms with Gasteiger partial charge in [0.1, 0.15) is 17.1 Å². The number of unbranched alkanes of at least 4 members (excludes halogenated alkanes) is 1. The highest BCUT2D eigenvalue weighted by atomic mass is 32.1. The highest BCUT2D eigenvalue weighted by molar-refractivity contribution is 7.78. The van der Waals surface area contributed by atoms with E-state index in [0.717, 1.165) is 29.0 Å². The molecule has 3 heterocycles. The second-order valence-corrected chi connectivity index (χ2v) is 21.1. The van der Waals surface area contributed by atoms with E-state index in [4.69, 9.17) is 56.6 Å². The van der Waals surface area contributed by atoms with Crippen molar-refractivity contribution in [3.8, 4) is 45.3 Å². The van der Waals surface area contributed by atoms with E-state index in [1.807, 2.05) is 0 Å². The number of rotatable bonds is 17. The zero-order valence-corrected chi connectivity index (χ0v) is 44.4. The third-order valence-corrected chi connectivity index (χ3v) is 16.8. The number of benzene rings is 3. The second kappa shape index (κ2) is 24.8. The van der Waals surface area contributed by atoms with Crippen molar-refractivity contribution in [2.45, 2.75) is 141 Å². The van der Waals surface area contributed by atoms with E-state index in [9.17, 15) is 0 Å². The minimum absolute atomic E-state index is 0.358. The number of hydrogen-bond acceptors (Lipinski definition) is 12. The van der Waals surface area contributed by atoms with E-state index < -0.39 is 0 Å². The molecule has 3 aromatic heterocycles. The first-order valence-corrected chi connectivity index (χ1v) is 27.7. The summed E-state index contributed by atoms with van der Waals surface area (Å²) in [6.45, 7) is 7.06. The fourth-order valence-corrected chi connectivity index (χ4v) is 13.1. The molecule has 3 fully saturated rings. The summed E-state index contributed by atoms with van der Waals surface area (Å²) in [4.78, 5) is 41.1. The quantitative estimate of drug-likeness (QED) is 0.0651. The zero-order valence-electron chi connectivity index (χ0n) is 41.9. The topological polar surface area (TPSA) is 114 Å². The third kappa shape index (κ3) is 12.0. The zero-order chi connectivity index (χ0) is 49.8. The van der Waals surface area contributed by atoms with Crippen LogP contribution in [-0.4, -0.2) is 45.4 Å². The van der Waals surface area contributed by atoms with Gasteiger partial charge in [-0.15, -0.1) is 0 Å². The van der Waals surface area contributed by atoms with Crippen LogP contribution in [0.1, 0.15) is 158 Å². The summed E-state index contributed by atoms with van der Waals surface area (Å²) in [6.07, 6.45) is 30.1. The first kappa shape index (κ1) is 51.2. The lowest BCUT2D eigenvalue weighted by Crippen LogP contribution is -2.37. The number of aliphatic imine (C=N–C) groups is 3. The van der Waals surface area contributed by atoms with E-state index >= 15 is 0 Å². The van der Waals surface area contributed by atoms with Crippen LogP contribution in [0, 0.1) is 29.6 Å². The van der Waals surface area contributed by atoms with Gasteiger partial charge in [0.25, 0.3) is 0 Å². The average molecular weight is 1010 g/mol. The summed E-state index contributed by atoms with van der Waals surface area (Å²) in [5.41, 5.74) is 11.4. The SMILES string of the molecule is CCCCC1CCC(c2ccc(-c3ncc(N=C=S)cn3)cc2)CC1C1CC(CCC)CCC1c1ccc(-c2ncc(N=C=S)cn2)cc1-c1cc(C2CCC(CC)CC2)ccc1-c1ncc(N=C=S)cn1. The van der Waals surface area contributed by atoms with Crippen LogP contribution in [0.15, 0.2) is 113 Å². The molecule has 12 heteroatoms. The van der Waals surface area contributed by atoms with Gasteiger partial charge in [0.05, 0.1) is 52.7 Å². The summed E-state index contributed by atoms with van der Waals surface area (Å²) in [6, 6.07) is 23.3. The first-order valence-electron chi connectivity index (χ1n) is 26.5. The number of thiocarbonyl (C=S) groups is 3. The number of hydrogen-bond donors (Lipinski definition) is 0. The Labute approximate surface area is 442 Å². The van der Waals surface area contributed by atoms with E-state index in [-0.39, 0.29) is 0 Å². The predicted molar refractivity (Wildman–Crippen MR) is 302 cm³/mol. The Morgan fingerprint density at radius 2 is 1.06 bits per heavy atom. The Bertz CT molecular complexity index is 2920. The molecule has 6 aromatic rings. The van der Waals surface area contributed by atoms with E-state index in [2.05, 4.69) is 122 Å². The summed E-state index contributed by atoms with van der Waals surface area (Å²) in [5, 5.41) is 7.35. The molecule has 72 heavy (non-hydrogen) atoms.